The van der Waals surface area contributed by atoms with E-state index in [-0.39, 0.29) is 96.4 Å². The summed E-state index contributed by atoms with van der Waals surface area (Å²) >= 11 is 8.01. The van der Waals surface area contributed by atoms with E-state index in [1.165, 1.54) is 64.1 Å². The number of methoxy groups -OCH3 is 4. The monoisotopic (exact) mass is 1950 g/mol. The number of phenols is 3. The number of fused-ring (bicyclic) bond motifs is 18. The number of allylic oxidation sites excluding steroid dienone is 1. The van der Waals surface area contributed by atoms with Crippen molar-refractivity contribution in [3.63, 3.8) is 0 Å². The van der Waals surface area contributed by atoms with Crippen LogP contribution in [0.3, 0.4) is 0 Å². The van der Waals surface area contributed by atoms with Gasteiger partial charge in [-0.05, 0) is 213 Å². The number of nitriles is 2. The maximum atomic E-state index is 15.2. The van der Waals surface area contributed by atoms with Crippen LogP contribution in [0.5, 0.6) is 80.5 Å². The summed E-state index contributed by atoms with van der Waals surface area (Å²) in [7, 11) is 9.94. The number of benzene rings is 8. The zero-order chi connectivity index (χ0) is 98.7. The molecule has 0 aromatic heterocycles. The van der Waals surface area contributed by atoms with E-state index in [0.29, 0.717) is 129 Å². The van der Waals surface area contributed by atoms with Crippen LogP contribution < -0.4 is 62.7 Å². The molecule has 5 N–H and O–H groups in total. The molecule has 4 saturated heterocycles. The molecule has 35 heteroatoms. The summed E-state index contributed by atoms with van der Waals surface area (Å²) in [5, 5.41) is 64.5. The van der Waals surface area contributed by atoms with Crippen LogP contribution in [-0.2, 0) is 74.9 Å². The number of carbonyl (C=O) groups excluding carboxylic acids is 6. The number of hydrogen-bond donors (Lipinski definition) is 5. The van der Waals surface area contributed by atoms with Gasteiger partial charge in [-0.3, -0.25) is 35.0 Å². The summed E-state index contributed by atoms with van der Waals surface area (Å²) in [4.78, 5) is 88.9. The lowest BCUT2D eigenvalue weighted by Crippen LogP contribution is -2.69. The van der Waals surface area contributed by atoms with Gasteiger partial charge in [-0.25, -0.2) is 24.0 Å². The van der Waals surface area contributed by atoms with Crippen molar-refractivity contribution in [2.45, 2.75) is 188 Å². The molecule has 0 radical (unpaired) electrons. The molecule has 32 nitrogen and oxygen atoms in total. The van der Waals surface area contributed by atoms with Crippen molar-refractivity contribution in [2.24, 2.45) is 0 Å². The topological polar surface area (TPSA) is 386 Å². The summed E-state index contributed by atoms with van der Waals surface area (Å²) in [6, 6.07) is 29.3. The van der Waals surface area contributed by atoms with Gasteiger partial charge in [-0.2, -0.15) is 10.5 Å². The molecule has 8 bridgehead atoms. The number of rotatable bonds is 11. The van der Waals surface area contributed by atoms with Crippen molar-refractivity contribution >= 4 is 82.7 Å². The molecular formula is C104H109ClN8O24S2. The number of likely N-dealkylation sites (N-methyl/N-ethyl adjacent to an activating group) is 2. The molecular weight excluding hydrogens is 1840 g/mol. The number of nitrogens with one attached hydrogen (secondary N) is 2. The van der Waals surface area contributed by atoms with Gasteiger partial charge in [0.25, 0.3) is 0 Å². The third kappa shape index (κ3) is 17.0. The van der Waals surface area contributed by atoms with Gasteiger partial charge >= 0.3 is 30.2 Å². The molecule has 2 unspecified atom stereocenters. The molecule has 139 heavy (non-hydrogen) atoms. The molecule has 4 fully saturated rings. The number of halogens is 1. The highest BCUT2D eigenvalue weighted by atomic mass is 35.5. The highest BCUT2D eigenvalue weighted by molar-refractivity contribution is 7.99. The van der Waals surface area contributed by atoms with Crippen LogP contribution in [0.25, 0.3) is 12.2 Å². The zero-order valence-electron chi connectivity index (χ0n) is 79.8. The molecule has 14 aliphatic heterocycles. The lowest BCUT2D eigenvalue weighted by atomic mass is 9.71. The first-order valence-corrected chi connectivity index (χ1v) is 48.4. The number of aromatic hydroxyl groups is 3. The van der Waals surface area contributed by atoms with E-state index in [1.807, 2.05) is 108 Å². The van der Waals surface area contributed by atoms with E-state index in [4.69, 9.17) is 82.7 Å². The Morgan fingerprint density at radius 3 is 1.34 bits per heavy atom. The smallest absolute Gasteiger partial charge is 0.507 e. The van der Waals surface area contributed by atoms with Crippen LogP contribution in [0.4, 0.5) is 9.59 Å². The van der Waals surface area contributed by atoms with Gasteiger partial charge in [0.05, 0.1) is 75.2 Å². The lowest BCUT2D eigenvalue weighted by molar-refractivity contribution is -0.158. The lowest BCUT2D eigenvalue weighted by Gasteiger charge is -2.62. The minimum absolute atomic E-state index is 0.0122. The third-order valence-electron chi connectivity index (χ3n) is 28.2. The Labute approximate surface area is 817 Å². The third-order valence-corrected chi connectivity index (χ3v) is 31.2. The normalized spacial score (nSPS) is 25.4. The van der Waals surface area contributed by atoms with Gasteiger partial charge in [0.2, 0.25) is 18.8 Å². The van der Waals surface area contributed by atoms with Gasteiger partial charge in [0.15, 0.2) is 80.1 Å². The summed E-state index contributed by atoms with van der Waals surface area (Å²) in [6.07, 6.45) is 6.20. The first-order chi connectivity index (χ1) is 66.5. The standard InChI is InChI=1S/C52H54N4O12S.C43H48N4O11S.C9H7ClO/c1-26-18-30-19-32-33(22-53)56-34-23-63-49(59)52(31-21-35(61-7)36(20-29(31)16-17-54-52)66-50(60)68-51(3,4)5)24-69-48(42(56)41(55(32)6)38(30)43(58)44(26)62-8)40-39(34)47-46(64-25-65-47)27(2)45(40)67-37(57)15-14-28-12-10-9-11-13-28;1-19-11-22-12-24-25(15-44)47-26-16-54-40(50)43(23-14-27(52-7)28(13-21(23)9-10-45-43)57-41(51)58-42(3,4)5)17-59-39(31-30(26)38-37(55-18-56-38)20(2)34(31)48)33(47)32(46(24)6)29(22)35(49)36(19)53-8;10-9(11)7-6-8-4-2-1-3-5-8/h9-15,18,20-21,32-34,41-42,48,54,58H,16-17,19,23-25H2,1-8H3;11,13-14,24-26,32-33,39,45,48-49H,9-10,12,16-18H2,1-8H3;1-7H/b15-14+;;7-6+/t32-,33-,34-,41+,42?,48+,52+;24-,25-,26-,32+,33?,39+,43+;/m00./s1. The number of ether oxygens (including phenoxy) is 15. The van der Waals surface area contributed by atoms with E-state index >= 15 is 4.79 Å². The molecule has 14 atom stereocenters. The number of piperazine rings is 2. The van der Waals surface area contributed by atoms with Crippen molar-refractivity contribution in [1.82, 2.24) is 30.2 Å². The van der Waals surface area contributed by atoms with Gasteiger partial charge in [-0.15, -0.1) is 23.5 Å². The van der Waals surface area contributed by atoms with Gasteiger partial charge < -0.3 is 86.4 Å². The minimum atomic E-state index is -1.48. The first-order valence-electron chi connectivity index (χ1n) is 45.9. The molecule has 728 valence electrons. The fourth-order valence-corrected chi connectivity index (χ4v) is 25.9. The van der Waals surface area contributed by atoms with Crippen molar-refractivity contribution in [3.8, 4) is 92.6 Å². The molecule has 0 amide bonds. The van der Waals surface area contributed by atoms with Crippen LogP contribution in [0.15, 0.2) is 109 Å². The highest BCUT2D eigenvalue weighted by Gasteiger charge is 2.65. The number of hydrogen-bond acceptors (Lipinski definition) is 34. The average molecular weight is 1950 g/mol. The first kappa shape index (κ1) is 96.6. The fourth-order valence-electron chi connectivity index (χ4n) is 22.4. The number of aryl methyl sites for hydroxylation is 2. The largest absolute Gasteiger partial charge is 0.514 e. The molecule has 14 heterocycles. The summed E-state index contributed by atoms with van der Waals surface area (Å²) in [6.45, 7) is 18.0. The van der Waals surface area contributed by atoms with Crippen molar-refractivity contribution in [2.75, 3.05) is 93.9 Å². The Morgan fingerprint density at radius 1 is 0.504 bits per heavy atom. The minimum Gasteiger partial charge on any atom is -0.507 e. The number of thioether (sulfide) groups is 2. The number of nitrogens with zero attached hydrogens (tertiary/aromatic N) is 6. The molecule has 8 aromatic rings. The molecule has 0 saturated carbocycles. The number of esters is 3. The Hall–Kier alpha value is -12.6. The molecule has 22 rings (SSSR count). The van der Waals surface area contributed by atoms with E-state index in [2.05, 4.69) is 42.4 Å². The highest BCUT2D eigenvalue weighted by Crippen LogP contribution is 2.68. The second-order valence-corrected chi connectivity index (χ2v) is 41.0. The average Bonchev–Trinajstić information content (AvgIpc) is 1.44. The van der Waals surface area contributed by atoms with Gasteiger partial charge in [0, 0.05) is 99.3 Å². The number of carbonyl (C=O) groups is 6. The van der Waals surface area contributed by atoms with Crippen LogP contribution in [-0.4, -0.2) is 212 Å². The summed E-state index contributed by atoms with van der Waals surface area (Å²) < 4.78 is 89.5. The Bertz CT molecular complexity index is 6470. The van der Waals surface area contributed by atoms with E-state index < -0.39 is 117 Å². The van der Waals surface area contributed by atoms with Crippen molar-refractivity contribution in [1.29, 1.82) is 10.5 Å². The molecule has 0 aliphatic carbocycles. The van der Waals surface area contributed by atoms with E-state index in [0.717, 1.165) is 44.5 Å². The summed E-state index contributed by atoms with van der Waals surface area (Å²) in [5.74, 6) is 1.95. The Balaban J connectivity index is 0.000000167. The van der Waals surface area contributed by atoms with Crippen LogP contribution in [0.1, 0.15) is 176 Å². The molecule has 2 spiro atoms. The number of phenolic OH excluding ortho intramolecular Hbond substituents is 3. The zero-order valence-corrected chi connectivity index (χ0v) is 82.1. The quantitative estimate of drug-likeness (QED) is 0.0200. The van der Waals surface area contributed by atoms with Gasteiger partial charge in [-0.1, -0.05) is 78.9 Å². The Morgan fingerprint density at radius 2 is 0.921 bits per heavy atom. The molecule has 14 aliphatic rings. The SMILES string of the molecule is COc1cc2c(cc1OC(=O)OC(C)(C)C)CCN[C@]21CS[C@@H]2c3c(O)c(C)c4c(c3[C@H](COC1=O)N1C2[C@H]2c3c(cc(C)c(OC)c3O)C[C@@H]([C@@H]1C#N)N2C)OCO4.COc1cc2c(cc1OC(=O)OC(C)(C)C)CCN[C@]21CS[C@@H]2c3c(OC(=O)/C=C/c4ccccc4)c(C)c4c(c3[C@H](COC1=O)N1C2[C@H]2c3c(cc(C)c(OC)c3O)C[C@@H]([C@@H]1C#N)N2C)OCO4.O=C(Cl)/C=C/c1ccccc1. The van der Waals surface area contributed by atoms with E-state index in [9.17, 15) is 49.8 Å². The summed E-state index contributed by atoms with van der Waals surface area (Å²) in [5.41, 5.74) is 8.22. The van der Waals surface area contributed by atoms with Crippen molar-refractivity contribution in [3.05, 3.63) is 209 Å². The Kier molecular flexibility index (Phi) is 26.3. The van der Waals surface area contributed by atoms with Gasteiger partial charge in [0.1, 0.15) is 48.0 Å². The second kappa shape index (κ2) is 37.9. The van der Waals surface area contributed by atoms with Crippen molar-refractivity contribution < 1.29 is 115 Å². The van der Waals surface area contributed by atoms with E-state index in [1.54, 1.807) is 84.9 Å². The van der Waals surface area contributed by atoms with Crippen LogP contribution in [0, 0.1) is 50.4 Å². The predicted octanol–water partition coefficient (Wildman–Crippen LogP) is 15.1. The van der Waals surface area contributed by atoms with Crippen LogP contribution >= 0.6 is 35.1 Å². The molecule has 8 aromatic carbocycles. The fraction of sp³-hybridized carbons (Fsp3) is 0.423. The maximum absolute atomic E-state index is 15.2. The maximum Gasteiger partial charge on any atom is 0.514 e. The second-order valence-electron chi connectivity index (χ2n) is 38.3. The van der Waals surface area contributed by atoms with Crippen LogP contribution in [0.2, 0.25) is 0 Å². The predicted molar refractivity (Wildman–Crippen MR) is 513 cm³/mol.